The number of esters is 1. The van der Waals surface area contributed by atoms with Crippen molar-refractivity contribution in [3.63, 3.8) is 0 Å². The van der Waals surface area contributed by atoms with E-state index in [0.29, 0.717) is 5.75 Å². The van der Waals surface area contributed by atoms with Gasteiger partial charge in [0.15, 0.2) is 0 Å². The second kappa shape index (κ2) is 6.20. The maximum absolute atomic E-state index is 12.2. The molecular weight excluding hydrogens is 238 g/mol. The van der Waals surface area contributed by atoms with Crippen molar-refractivity contribution in [2.24, 2.45) is 5.41 Å². The standard InChI is InChI=1S/C16H25NO2/c1-12-9-13(2)11-14(10-12)19-15(18)16(3,4)7-8-17(5)6/h9-11H,7-8H2,1-6H3. The molecule has 0 heterocycles. The second-order valence-electron chi connectivity index (χ2n) is 6.15. The van der Waals surface area contributed by atoms with Crippen LogP contribution in [0, 0.1) is 19.3 Å². The smallest absolute Gasteiger partial charge is 0.316 e. The number of nitrogens with zero attached hydrogens (tertiary/aromatic N) is 1. The molecule has 1 aromatic rings. The largest absolute Gasteiger partial charge is 0.426 e. The Hall–Kier alpha value is -1.35. The van der Waals surface area contributed by atoms with Crippen molar-refractivity contribution in [2.45, 2.75) is 34.1 Å². The molecule has 0 saturated heterocycles. The van der Waals surface area contributed by atoms with Gasteiger partial charge in [-0.2, -0.15) is 0 Å². The molecule has 0 saturated carbocycles. The molecule has 0 bridgehead atoms. The number of aryl methyl sites for hydroxylation is 2. The van der Waals surface area contributed by atoms with Crippen LogP contribution in [0.4, 0.5) is 0 Å². The number of hydrogen-bond acceptors (Lipinski definition) is 3. The third-order valence-corrected chi connectivity index (χ3v) is 3.14. The molecular formula is C16H25NO2. The van der Waals surface area contributed by atoms with Crippen LogP contribution in [0.2, 0.25) is 0 Å². The van der Waals surface area contributed by atoms with E-state index in [2.05, 4.69) is 11.0 Å². The molecule has 0 aliphatic carbocycles. The van der Waals surface area contributed by atoms with Crippen molar-refractivity contribution in [2.75, 3.05) is 20.6 Å². The lowest BCUT2D eigenvalue weighted by atomic mass is 9.89. The zero-order valence-corrected chi connectivity index (χ0v) is 12.9. The van der Waals surface area contributed by atoms with Gasteiger partial charge in [-0.25, -0.2) is 0 Å². The molecule has 0 atom stereocenters. The van der Waals surface area contributed by atoms with Crippen molar-refractivity contribution in [1.82, 2.24) is 4.90 Å². The van der Waals surface area contributed by atoms with Crippen LogP contribution in [0.15, 0.2) is 18.2 Å². The van der Waals surface area contributed by atoms with Gasteiger partial charge in [-0.1, -0.05) is 6.07 Å². The van der Waals surface area contributed by atoms with E-state index in [9.17, 15) is 4.79 Å². The first-order chi connectivity index (χ1) is 8.70. The van der Waals surface area contributed by atoms with Gasteiger partial charge in [0.05, 0.1) is 5.41 Å². The summed E-state index contributed by atoms with van der Waals surface area (Å²) in [6.07, 6.45) is 0.781. The maximum atomic E-state index is 12.2. The van der Waals surface area contributed by atoms with Gasteiger partial charge in [0.1, 0.15) is 5.75 Å². The van der Waals surface area contributed by atoms with Gasteiger partial charge in [-0.3, -0.25) is 4.79 Å². The van der Waals surface area contributed by atoms with Crippen LogP contribution in [0.5, 0.6) is 5.75 Å². The molecule has 0 aromatic heterocycles. The molecule has 0 aliphatic heterocycles. The molecule has 0 amide bonds. The Morgan fingerprint density at radius 2 is 1.68 bits per heavy atom. The Morgan fingerprint density at radius 3 is 2.16 bits per heavy atom. The number of rotatable bonds is 5. The van der Waals surface area contributed by atoms with Crippen LogP contribution in [-0.4, -0.2) is 31.5 Å². The van der Waals surface area contributed by atoms with Crippen LogP contribution >= 0.6 is 0 Å². The molecule has 0 radical (unpaired) electrons. The summed E-state index contributed by atoms with van der Waals surface area (Å²) >= 11 is 0. The maximum Gasteiger partial charge on any atom is 0.316 e. The zero-order chi connectivity index (χ0) is 14.6. The third-order valence-electron chi connectivity index (χ3n) is 3.14. The van der Waals surface area contributed by atoms with E-state index >= 15 is 0 Å². The fraction of sp³-hybridized carbons (Fsp3) is 0.562. The molecule has 0 spiro atoms. The van der Waals surface area contributed by atoms with Gasteiger partial charge in [0.2, 0.25) is 0 Å². The number of carbonyl (C=O) groups is 1. The lowest BCUT2D eigenvalue weighted by molar-refractivity contribution is -0.144. The Balaban J connectivity index is 2.72. The Labute approximate surface area is 116 Å². The van der Waals surface area contributed by atoms with Crippen molar-refractivity contribution >= 4 is 5.97 Å². The van der Waals surface area contributed by atoms with Crippen molar-refractivity contribution in [1.29, 1.82) is 0 Å². The molecule has 0 aliphatic rings. The highest BCUT2D eigenvalue weighted by Gasteiger charge is 2.29. The summed E-state index contributed by atoms with van der Waals surface area (Å²) < 4.78 is 5.52. The quantitative estimate of drug-likeness (QED) is 0.603. The van der Waals surface area contributed by atoms with Crippen molar-refractivity contribution in [3.05, 3.63) is 29.3 Å². The molecule has 0 N–H and O–H groups in total. The fourth-order valence-corrected chi connectivity index (χ4v) is 1.84. The van der Waals surface area contributed by atoms with E-state index in [1.165, 1.54) is 0 Å². The lowest BCUT2D eigenvalue weighted by Crippen LogP contribution is -2.32. The van der Waals surface area contributed by atoms with Gasteiger partial charge in [-0.15, -0.1) is 0 Å². The number of ether oxygens (including phenoxy) is 1. The number of carbonyl (C=O) groups excluding carboxylic acids is 1. The molecule has 106 valence electrons. The molecule has 0 fully saturated rings. The van der Waals surface area contributed by atoms with E-state index in [4.69, 9.17) is 4.74 Å². The predicted octanol–water partition coefficient (Wildman–Crippen LogP) is 3.19. The monoisotopic (exact) mass is 263 g/mol. The summed E-state index contributed by atoms with van der Waals surface area (Å²) in [5.74, 6) is 0.472. The van der Waals surface area contributed by atoms with E-state index in [1.807, 2.05) is 53.9 Å². The average molecular weight is 263 g/mol. The molecule has 19 heavy (non-hydrogen) atoms. The normalized spacial score (nSPS) is 11.7. The summed E-state index contributed by atoms with van der Waals surface area (Å²) in [7, 11) is 4.01. The second-order valence-corrected chi connectivity index (χ2v) is 6.15. The van der Waals surface area contributed by atoms with Crippen molar-refractivity contribution in [3.8, 4) is 5.75 Å². The molecule has 3 heteroatoms. The third kappa shape index (κ3) is 5.03. The van der Waals surface area contributed by atoms with Crippen LogP contribution in [-0.2, 0) is 4.79 Å². The first-order valence-electron chi connectivity index (χ1n) is 6.66. The Morgan fingerprint density at radius 1 is 1.16 bits per heavy atom. The minimum absolute atomic E-state index is 0.167. The molecule has 1 rings (SSSR count). The summed E-state index contributed by atoms with van der Waals surface area (Å²) in [5, 5.41) is 0. The summed E-state index contributed by atoms with van der Waals surface area (Å²) in [6, 6.07) is 5.86. The Bertz CT molecular complexity index is 430. The number of hydrogen-bond donors (Lipinski definition) is 0. The van der Waals surface area contributed by atoms with E-state index in [0.717, 1.165) is 24.1 Å². The fourth-order valence-electron chi connectivity index (χ4n) is 1.84. The molecule has 0 unspecified atom stereocenters. The minimum atomic E-state index is -0.470. The molecule has 1 aromatic carbocycles. The highest BCUT2D eigenvalue weighted by Crippen LogP contribution is 2.25. The van der Waals surface area contributed by atoms with Crippen LogP contribution in [0.1, 0.15) is 31.4 Å². The first kappa shape index (κ1) is 15.7. The molecule has 3 nitrogen and oxygen atoms in total. The first-order valence-corrected chi connectivity index (χ1v) is 6.66. The van der Waals surface area contributed by atoms with Gasteiger partial charge < -0.3 is 9.64 Å². The van der Waals surface area contributed by atoms with Crippen LogP contribution in [0.25, 0.3) is 0 Å². The Kier molecular flexibility index (Phi) is 5.12. The van der Waals surface area contributed by atoms with E-state index in [1.54, 1.807) is 0 Å². The number of benzene rings is 1. The zero-order valence-electron chi connectivity index (χ0n) is 12.9. The summed E-state index contributed by atoms with van der Waals surface area (Å²) in [5.41, 5.74) is 1.74. The van der Waals surface area contributed by atoms with E-state index < -0.39 is 5.41 Å². The van der Waals surface area contributed by atoms with Gasteiger partial charge in [0.25, 0.3) is 0 Å². The SMILES string of the molecule is Cc1cc(C)cc(OC(=O)C(C)(C)CCN(C)C)c1. The lowest BCUT2D eigenvalue weighted by Gasteiger charge is -2.24. The highest BCUT2D eigenvalue weighted by atomic mass is 16.5. The highest BCUT2D eigenvalue weighted by molar-refractivity contribution is 5.78. The van der Waals surface area contributed by atoms with Gasteiger partial charge >= 0.3 is 5.97 Å². The van der Waals surface area contributed by atoms with Gasteiger partial charge in [-0.05, 0) is 78.0 Å². The van der Waals surface area contributed by atoms with E-state index in [-0.39, 0.29) is 5.97 Å². The van der Waals surface area contributed by atoms with Crippen LogP contribution in [0.3, 0.4) is 0 Å². The van der Waals surface area contributed by atoms with Crippen LogP contribution < -0.4 is 4.74 Å². The van der Waals surface area contributed by atoms with Gasteiger partial charge in [0, 0.05) is 0 Å². The summed E-state index contributed by atoms with van der Waals surface area (Å²) in [4.78, 5) is 14.3. The minimum Gasteiger partial charge on any atom is -0.426 e. The van der Waals surface area contributed by atoms with Crippen molar-refractivity contribution < 1.29 is 9.53 Å². The summed E-state index contributed by atoms with van der Waals surface area (Å²) in [6.45, 7) is 8.74. The average Bonchev–Trinajstić information content (AvgIpc) is 2.25. The topological polar surface area (TPSA) is 29.5 Å². The predicted molar refractivity (Wildman–Crippen MR) is 78.5 cm³/mol.